The Morgan fingerprint density at radius 1 is 1.23 bits per heavy atom. The number of nitrogens with one attached hydrogen (secondary N) is 2. The molecule has 3 aromatic rings. The predicted octanol–water partition coefficient (Wildman–Crippen LogP) is 1.47. The van der Waals surface area contributed by atoms with Crippen LogP contribution in [0.4, 0.5) is 0 Å². The van der Waals surface area contributed by atoms with Gasteiger partial charge in [0, 0.05) is 19.3 Å². The average Bonchev–Trinajstić information content (AvgIpc) is 2.65. The third-order valence-electron chi connectivity index (χ3n) is 4.08. The molecule has 2 heterocycles. The SMILES string of the molecule is CCCn1c(=O)[nH]c(=O)c2cc(C(=O)NCCc3ccccc3)cnc21. The van der Waals surface area contributed by atoms with E-state index in [1.807, 2.05) is 37.3 Å². The van der Waals surface area contributed by atoms with E-state index >= 15 is 0 Å². The van der Waals surface area contributed by atoms with Crippen LogP contribution in [-0.2, 0) is 13.0 Å². The lowest BCUT2D eigenvalue weighted by molar-refractivity contribution is 0.0954. The Morgan fingerprint density at radius 2 is 2.00 bits per heavy atom. The molecule has 0 saturated carbocycles. The highest BCUT2D eigenvalue weighted by atomic mass is 16.2. The second kappa shape index (κ2) is 7.77. The molecule has 1 amide bonds. The third kappa shape index (κ3) is 3.72. The molecule has 0 aliphatic carbocycles. The van der Waals surface area contributed by atoms with E-state index < -0.39 is 11.2 Å². The molecule has 0 atom stereocenters. The van der Waals surface area contributed by atoms with Gasteiger partial charge in [0.2, 0.25) is 0 Å². The quantitative estimate of drug-likeness (QED) is 0.702. The molecular formula is C19H20N4O3. The Labute approximate surface area is 149 Å². The zero-order valence-electron chi connectivity index (χ0n) is 14.5. The molecular weight excluding hydrogens is 332 g/mol. The van der Waals surface area contributed by atoms with E-state index in [9.17, 15) is 14.4 Å². The second-order valence-electron chi connectivity index (χ2n) is 6.00. The number of aromatic nitrogens is 3. The molecule has 0 saturated heterocycles. The van der Waals surface area contributed by atoms with E-state index in [2.05, 4.69) is 15.3 Å². The minimum atomic E-state index is -0.538. The van der Waals surface area contributed by atoms with Crippen molar-refractivity contribution in [3.8, 4) is 0 Å². The van der Waals surface area contributed by atoms with Gasteiger partial charge >= 0.3 is 5.69 Å². The first-order valence-corrected chi connectivity index (χ1v) is 8.55. The number of rotatable bonds is 6. The number of hydrogen-bond donors (Lipinski definition) is 2. The van der Waals surface area contributed by atoms with Gasteiger partial charge in [0.25, 0.3) is 11.5 Å². The Kier molecular flexibility index (Phi) is 5.26. The number of hydrogen-bond acceptors (Lipinski definition) is 4. The Hall–Kier alpha value is -3.22. The van der Waals surface area contributed by atoms with Gasteiger partial charge in [0.1, 0.15) is 5.65 Å². The summed E-state index contributed by atoms with van der Waals surface area (Å²) in [6.07, 6.45) is 2.83. The molecule has 7 nitrogen and oxygen atoms in total. The van der Waals surface area contributed by atoms with E-state index in [1.165, 1.54) is 16.8 Å². The van der Waals surface area contributed by atoms with Crippen molar-refractivity contribution in [3.05, 3.63) is 74.6 Å². The molecule has 26 heavy (non-hydrogen) atoms. The van der Waals surface area contributed by atoms with Crippen molar-refractivity contribution in [1.82, 2.24) is 19.9 Å². The number of fused-ring (bicyclic) bond motifs is 1. The van der Waals surface area contributed by atoms with Crippen molar-refractivity contribution in [2.75, 3.05) is 6.54 Å². The van der Waals surface area contributed by atoms with Gasteiger partial charge in [-0.05, 0) is 24.5 Å². The number of H-pyrrole nitrogens is 1. The van der Waals surface area contributed by atoms with Crippen LogP contribution in [0.2, 0.25) is 0 Å². The molecule has 2 N–H and O–H groups in total. The zero-order valence-corrected chi connectivity index (χ0v) is 14.5. The average molecular weight is 352 g/mol. The number of benzene rings is 1. The molecule has 0 aliphatic rings. The second-order valence-corrected chi connectivity index (χ2v) is 6.00. The highest BCUT2D eigenvalue weighted by Crippen LogP contribution is 2.08. The van der Waals surface area contributed by atoms with Gasteiger partial charge in [-0.2, -0.15) is 0 Å². The van der Waals surface area contributed by atoms with Crippen molar-refractivity contribution in [3.63, 3.8) is 0 Å². The number of carbonyl (C=O) groups excluding carboxylic acids is 1. The molecule has 3 rings (SSSR count). The number of nitrogens with zero attached hydrogens (tertiary/aromatic N) is 2. The smallest absolute Gasteiger partial charge is 0.329 e. The van der Waals surface area contributed by atoms with E-state index in [-0.39, 0.29) is 16.9 Å². The van der Waals surface area contributed by atoms with Crippen LogP contribution in [0.5, 0.6) is 0 Å². The molecule has 0 aliphatic heterocycles. The van der Waals surface area contributed by atoms with Crippen LogP contribution in [0.1, 0.15) is 29.3 Å². The number of amides is 1. The lowest BCUT2D eigenvalue weighted by Gasteiger charge is -2.09. The third-order valence-corrected chi connectivity index (χ3v) is 4.08. The van der Waals surface area contributed by atoms with Crippen LogP contribution in [0.25, 0.3) is 11.0 Å². The molecule has 134 valence electrons. The summed E-state index contributed by atoms with van der Waals surface area (Å²) >= 11 is 0. The molecule has 0 fully saturated rings. The number of aryl methyl sites for hydroxylation is 1. The van der Waals surface area contributed by atoms with Crippen molar-refractivity contribution >= 4 is 16.9 Å². The lowest BCUT2D eigenvalue weighted by Crippen LogP contribution is -2.31. The van der Waals surface area contributed by atoms with E-state index in [0.717, 1.165) is 12.0 Å². The first-order chi connectivity index (χ1) is 12.6. The van der Waals surface area contributed by atoms with Gasteiger partial charge in [0.15, 0.2) is 0 Å². The maximum atomic E-state index is 12.3. The summed E-state index contributed by atoms with van der Waals surface area (Å²) in [6, 6.07) is 11.3. The van der Waals surface area contributed by atoms with Crippen molar-refractivity contribution in [1.29, 1.82) is 0 Å². The Morgan fingerprint density at radius 3 is 2.73 bits per heavy atom. The molecule has 7 heteroatoms. The monoisotopic (exact) mass is 352 g/mol. The largest absolute Gasteiger partial charge is 0.352 e. The fraction of sp³-hybridized carbons (Fsp3) is 0.263. The number of pyridine rings is 1. The summed E-state index contributed by atoms with van der Waals surface area (Å²) in [4.78, 5) is 42.8. The van der Waals surface area contributed by atoms with Crippen molar-refractivity contribution in [2.45, 2.75) is 26.3 Å². The van der Waals surface area contributed by atoms with Gasteiger partial charge in [-0.3, -0.25) is 19.1 Å². The van der Waals surface area contributed by atoms with Crippen molar-refractivity contribution < 1.29 is 4.79 Å². The topological polar surface area (TPSA) is 96.9 Å². The molecule has 0 spiro atoms. The zero-order chi connectivity index (χ0) is 18.5. The van der Waals surface area contributed by atoms with E-state index in [4.69, 9.17) is 0 Å². The van der Waals surface area contributed by atoms with Gasteiger partial charge in [-0.1, -0.05) is 37.3 Å². The van der Waals surface area contributed by atoms with E-state index in [1.54, 1.807) is 0 Å². The fourth-order valence-corrected chi connectivity index (χ4v) is 2.79. The lowest BCUT2D eigenvalue weighted by atomic mass is 10.1. The summed E-state index contributed by atoms with van der Waals surface area (Å²) in [6.45, 7) is 2.85. The first kappa shape index (κ1) is 17.6. The predicted molar refractivity (Wildman–Crippen MR) is 99.4 cm³/mol. The molecule has 0 radical (unpaired) electrons. The van der Waals surface area contributed by atoms with Crippen LogP contribution in [-0.4, -0.2) is 27.0 Å². The molecule has 2 aromatic heterocycles. The summed E-state index contributed by atoms with van der Waals surface area (Å²) in [7, 11) is 0. The highest BCUT2D eigenvalue weighted by Gasteiger charge is 2.12. The Bertz CT molecular complexity index is 1040. The molecule has 0 unspecified atom stereocenters. The highest BCUT2D eigenvalue weighted by molar-refractivity contribution is 5.96. The number of carbonyl (C=O) groups is 1. The minimum absolute atomic E-state index is 0.230. The molecule has 1 aromatic carbocycles. The van der Waals surface area contributed by atoms with Crippen LogP contribution in [0.15, 0.2) is 52.2 Å². The van der Waals surface area contributed by atoms with Gasteiger partial charge in [-0.15, -0.1) is 0 Å². The maximum Gasteiger partial charge on any atom is 0.329 e. The summed E-state index contributed by atoms with van der Waals surface area (Å²) in [5.74, 6) is -0.303. The fourth-order valence-electron chi connectivity index (χ4n) is 2.79. The van der Waals surface area contributed by atoms with Crippen LogP contribution in [0, 0.1) is 0 Å². The standard InChI is InChI=1S/C19H20N4O3/c1-2-10-23-16-15(18(25)22-19(23)26)11-14(12-21-16)17(24)20-9-8-13-6-4-3-5-7-13/h3-7,11-12H,2,8-10H2,1H3,(H,20,24)(H,22,25,26). The van der Waals surface area contributed by atoms with Gasteiger partial charge in [-0.25, -0.2) is 9.78 Å². The van der Waals surface area contributed by atoms with Crippen molar-refractivity contribution in [2.24, 2.45) is 0 Å². The van der Waals surface area contributed by atoms with Gasteiger partial charge in [0.05, 0.1) is 10.9 Å². The van der Waals surface area contributed by atoms with Crippen LogP contribution < -0.4 is 16.6 Å². The maximum absolute atomic E-state index is 12.3. The number of aromatic amines is 1. The normalized spacial score (nSPS) is 10.8. The summed E-state index contributed by atoms with van der Waals surface area (Å²) < 4.78 is 1.41. The van der Waals surface area contributed by atoms with E-state index in [0.29, 0.717) is 25.2 Å². The first-order valence-electron chi connectivity index (χ1n) is 8.55. The summed E-state index contributed by atoms with van der Waals surface area (Å²) in [5.41, 5.74) is 0.685. The Balaban J connectivity index is 1.81. The van der Waals surface area contributed by atoms with Gasteiger partial charge < -0.3 is 5.32 Å². The molecule has 0 bridgehead atoms. The minimum Gasteiger partial charge on any atom is -0.352 e. The van der Waals surface area contributed by atoms with Crippen LogP contribution >= 0.6 is 0 Å². The van der Waals surface area contributed by atoms with Crippen LogP contribution in [0.3, 0.4) is 0 Å². The summed E-state index contributed by atoms with van der Waals surface area (Å²) in [5, 5.41) is 3.05.